The highest BCUT2D eigenvalue weighted by Gasteiger charge is 2.25. The normalized spacial score (nSPS) is 18.8. The Morgan fingerprint density at radius 3 is 2.55 bits per heavy atom. The summed E-state index contributed by atoms with van der Waals surface area (Å²) in [5, 5.41) is 6.61. The number of methoxy groups -OCH3 is 1. The summed E-state index contributed by atoms with van der Waals surface area (Å²) in [5.41, 5.74) is 1.18. The maximum Gasteiger partial charge on any atom is 0.220 e. The molecule has 0 saturated carbocycles. The molecule has 1 atom stereocenters. The Morgan fingerprint density at radius 2 is 1.86 bits per heavy atom. The van der Waals surface area contributed by atoms with Gasteiger partial charge in [-0.25, -0.2) is 0 Å². The monoisotopic (exact) mass is 445 g/mol. The summed E-state index contributed by atoms with van der Waals surface area (Å²) < 4.78 is 5.61. The molecule has 0 aromatic heterocycles. The van der Waals surface area contributed by atoms with E-state index in [2.05, 4.69) is 27.7 Å². The summed E-state index contributed by atoms with van der Waals surface area (Å²) >= 11 is 0. The van der Waals surface area contributed by atoms with Gasteiger partial charge >= 0.3 is 0 Å². The van der Waals surface area contributed by atoms with Crippen LogP contribution in [0.25, 0.3) is 0 Å². The SMILES string of the molecule is COc1ccccc1C(CNC(=O)CCC1CCNCC1)N1CCCCC1.Cl.Cl. The van der Waals surface area contributed by atoms with Crippen LogP contribution in [0.3, 0.4) is 0 Å². The predicted octanol–water partition coefficient (Wildman–Crippen LogP) is 3.96. The Kier molecular flexibility index (Phi) is 12.6. The third-order valence-electron chi connectivity index (χ3n) is 6.06. The molecule has 5 nitrogen and oxygen atoms in total. The van der Waals surface area contributed by atoms with Crippen LogP contribution in [0.1, 0.15) is 56.6 Å². The molecule has 1 aromatic carbocycles. The van der Waals surface area contributed by atoms with E-state index in [9.17, 15) is 4.79 Å². The Balaban J connectivity index is 0.00000210. The Hall–Kier alpha value is -1.01. The van der Waals surface area contributed by atoms with Crippen molar-refractivity contribution in [2.75, 3.05) is 39.8 Å². The van der Waals surface area contributed by atoms with Crippen LogP contribution in [0.15, 0.2) is 24.3 Å². The van der Waals surface area contributed by atoms with E-state index >= 15 is 0 Å². The number of carbonyl (C=O) groups excluding carboxylic acids is 1. The quantitative estimate of drug-likeness (QED) is 0.635. The molecule has 2 N–H and O–H groups in total. The number of piperidine rings is 2. The van der Waals surface area contributed by atoms with Crippen LogP contribution in [0, 0.1) is 5.92 Å². The molecule has 1 aromatic rings. The second-order valence-electron chi connectivity index (χ2n) is 7.89. The highest BCUT2D eigenvalue weighted by Crippen LogP contribution is 2.31. The number of hydrogen-bond acceptors (Lipinski definition) is 4. The minimum atomic E-state index is 0. The van der Waals surface area contributed by atoms with E-state index in [4.69, 9.17) is 4.74 Å². The van der Waals surface area contributed by atoms with Crippen molar-refractivity contribution in [3.63, 3.8) is 0 Å². The third-order valence-corrected chi connectivity index (χ3v) is 6.06. The lowest BCUT2D eigenvalue weighted by Gasteiger charge is -2.35. The van der Waals surface area contributed by atoms with Crippen molar-refractivity contribution in [2.45, 2.75) is 51.0 Å². The van der Waals surface area contributed by atoms with Crippen molar-refractivity contribution in [3.8, 4) is 5.75 Å². The molecule has 2 heterocycles. The molecule has 29 heavy (non-hydrogen) atoms. The van der Waals surface area contributed by atoms with E-state index in [1.165, 1.54) is 37.7 Å². The first-order valence-electron chi connectivity index (χ1n) is 10.6. The number of amides is 1. The van der Waals surface area contributed by atoms with Gasteiger partial charge in [0, 0.05) is 18.5 Å². The van der Waals surface area contributed by atoms with Gasteiger partial charge in [0.1, 0.15) is 5.75 Å². The fraction of sp³-hybridized carbons (Fsp3) is 0.682. The van der Waals surface area contributed by atoms with Crippen molar-refractivity contribution >= 4 is 30.7 Å². The lowest BCUT2D eigenvalue weighted by Crippen LogP contribution is -2.41. The number of nitrogens with zero attached hydrogens (tertiary/aromatic N) is 1. The molecule has 0 spiro atoms. The van der Waals surface area contributed by atoms with Gasteiger partial charge < -0.3 is 15.4 Å². The lowest BCUT2D eigenvalue weighted by atomic mass is 9.93. The molecular formula is C22H37Cl2N3O2. The first-order valence-corrected chi connectivity index (χ1v) is 10.6. The van der Waals surface area contributed by atoms with Crippen molar-refractivity contribution in [1.82, 2.24) is 15.5 Å². The third kappa shape index (κ3) is 7.97. The Morgan fingerprint density at radius 1 is 1.17 bits per heavy atom. The van der Waals surface area contributed by atoms with Gasteiger partial charge in [-0.3, -0.25) is 9.69 Å². The predicted molar refractivity (Wildman–Crippen MR) is 123 cm³/mol. The first-order chi connectivity index (χ1) is 13.3. The van der Waals surface area contributed by atoms with E-state index in [-0.39, 0.29) is 36.8 Å². The molecule has 1 amide bonds. The molecule has 0 radical (unpaired) electrons. The summed E-state index contributed by atoms with van der Waals surface area (Å²) in [6, 6.07) is 8.41. The van der Waals surface area contributed by atoms with Gasteiger partial charge in [-0.05, 0) is 70.3 Å². The van der Waals surface area contributed by atoms with E-state index in [0.29, 0.717) is 18.9 Å². The van der Waals surface area contributed by atoms with Crippen LogP contribution in [0.5, 0.6) is 5.75 Å². The van der Waals surface area contributed by atoms with Crippen LogP contribution in [0.4, 0.5) is 0 Å². The van der Waals surface area contributed by atoms with E-state index < -0.39 is 0 Å². The van der Waals surface area contributed by atoms with Crippen molar-refractivity contribution in [2.24, 2.45) is 5.92 Å². The van der Waals surface area contributed by atoms with Crippen molar-refractivity contribution in [3.05, 3.63) is 29.8 Å². The smallest absolute Gasteiger partial charge is 0.220 e. The first kappa shape index (κ1) is 26.0. The molecule has 7 heteroatoms. The number of para-hydroxylation sites is 1. The van der Waals surface area contributed by atoms with Crippen LogP contribution in [0.2, 0.25) is 0 Å². The van der Waals surface area contributed by atoms with Crippen LogP contribution in [-0.4, -0.2) is 50.6 Å². The maximum absolute atomic E-state index is 12.5. The second kappa shape index (κ2) is 14.1. The Labute approximate surface area is 188 Å². The largest absolute Gasteiger partial charge is 0.496 e. The molecule has 166 valence electrons. The van der Waals surface area contributed by atoms with Gasteiger partial charge in [-0.1, -0.05) is 24.6 Å². The number of nitrogens with one attached hydrogen (secondary N) is 2. The molecule has 1 unspecified atom stereocenters. The minimum absolute atomic E-state index is 0. The molecule has 2 fully saturated rings. The number of rotatable bonds is 8. The zero-order valence-corrected chi connectivity index (χ0v) is 19.2. The summed E-state index contributed by atoms with van der Waals surface area (Å²) in [5.74, 6) is 1.80. The van der Waals surface area contributed by atoms with E-state index in [1.54, 1.807) is 7.11 Å². The van der Waals surface area contributed by atoms with Gasteiger partial charge in [-0.15, -0.1) is 24.8 Å². The van der Waals surface area contributed by atoms with Crippen LogP contribution in [-0.2, 0) is 4.79 Å². The van der Waals surface area contributed by atoms with Crippen molar-refractivity contribution in [1.29, 1.82) is 0 Å². The molecular weight excluding hydrogens is 409 g/mol. The lowest BCUT2D eigenvalue weighted by molar-refractivity contribution is -0.121. The van der Waals surface area contributed by atoms with Crippen LogP contribution < -0.4 is 15.4 Å². The zero-order chi connectivity index (χ0) is 18.9. The maximum atomic E-state index is 12.5. The number of ether oxygens (including phenoxy) is 1. The number of halogens is 2. The summed E-state index contributed by atoms with van der Waals surface area (Å²) in [6.07, 6.45) is 7.82. The standard InChI is InChI=1S/C22H35N3O2.2ClH/c1-27-21-8-4-3-7-19(21)20(25-15-5-2-6-16-25)17-24-22(26)10-9-18-11-13-23-14-12-18;;/h3-4,7-8,18,20,23H,2,5-6,9-17H2,1H3,(H,24,26);2*1H. The van der Waals surface area contributed by atoms with Crippen molar-refractivity contribution < 1.29 is 9.53 Å². The van der Waals surface area contributed by atoms with Gasteiger partial charge in [0.05, 0.1) is 13.2 Å². The topological polar surface area (TPSA) is 53.6 Å². The highest BCUT2D eigenvalue weighted by molar-refractivity contribution is 5.85. The van der Waals surface area contributed by atoms with Crippen LogP contribution >= 0.6 is 24.8 Å². The molecule has 2 saturated heterocycles. The molecule has 0 bridgehead atoms. The average Bonchev–Trinajstić information content (AvgIpc) is 2.74. The highest BCUT2D eigenvalue weighted by atomic mass is 35.5. The fourth-order valence-corrected chi connectivity index (χ4v) is 4.41. The van der Waals surface area contributed by atoms with E-state index in [0.717, 1.165) is 38.3 Å². The molecule has 2 aliphatic rings. The molecule has 3 rings (SSSR count). The van der Waals surface area contributed by atoms with Gasteiger partial charge in [0.25, 0.3) is 0 Å². The second-order valence-corrected chi connectivity index (χ2v) is 7.89. The Bertz CT molecular complexity index is 591. The summed E-state index contributed by atoms with van der Waals surface area (Å²) in [4.78, 5) is 15.0. The number of likely N-dealkylation sites (tertiary alicyclic amines) is 1. The van der Waals surface area contributed by atoms with E-state index in [1.807, 2.05) is 12.1 Å². The summed E-state index contributed by atoms with van der Waals surface area (Å²) in [7, 11) is 1.73. The average molecular weight is 446 g/mol. The number of benzene rings is 1. The number of hydrogen-bond donors (Lipinski definition) is 2. The molecule has 0 aliphatic carbocycles. The fourth-order valence-electron chi connectivity index (χ4n) is 4.41. The zero-order valence-electron chi connectivity index (χ0n) is 17.5. The minimum Gasteiger partial charge on any atom is -0.496 e. The number of carbonyl (C=O) groups is 1. The molecule has 2 aliphatic heterocycles. The summed E-state index contributed by atoms with van der Waals surface area (Å²) in [6.45, 7) is 5.03. The van der Waals surface area contributed by atoms with Gasteiger partial charge in [-0.2, -0.15) is 0 Å². The van der Waals surface area contributed by atoms with Gasteiger partial charge in [0.2, 0.25) is 5.91 Å². The van der Waals surface area contributed by atoms with Gasteiger partial charge in [0.15, 0.2) is 0 Å².